The minimum Gasteiger partial charge on any atom is -0.466 e. The number of ether oxygens (including phenoxy) is 1. The molecule has 3 heterocycles. The number of anilines is 1. The van der Waals surface area contributed by atoms with Crippen LogP contribution in [-0.2, 0) is 20.9 Å². The van der Waals surface area contributed by atoms with E-state index in [1.54, 1.807) is 16.5 Å². The fraction of sp³-hybridized carbons (Fsp3) is 0.625. The van der Waals surface area contributed by atoms with Gasteiger partial charge in [-0.3, -0.25) is 9.59 Å². The number of rotatable bonds is 6. The van der Waals surface area contributed by atoms with Crippen molar-refractivity contribution in [3.63, 3.8) is 0 Å². The van der Waals surface area contributed by atoms with Gasteiger partial charge in [-0.1, -0.05) is 5.21 Å². The van der Waals surface area contributed by atoms with Gasteiger partial charge in [0.05, 0.1) is 13.0 Å². The van der Waals surface area contributed by atoms with Crippen molar-refractivity contribution in [2.24, 2.45) is 0 Å². The maximum Gasteiger partial charge on any atom is 0.306 e. The normalized spacial score (nSPS) is 14.7. The Bertz CT molecular complexity index is 783. The van der Waals surface area contributed by atoms with Crippen LogP contribution >= 0.6 is 0 Å². The lowest BCUT2D eigenvalue weighted by Crippen LogP contribution is -2.49. The van der Waals surface area contributed by atoms with Gasteiger partial charge in [0.25, 0.3) is 0 Å². The van der Waals surface area contributed by atoms with E-state index in [9.17, 15) is 9.59 Å². The number of hydrogen-bond donors (Lipinski definition) is 0. The summed E-state index contributed by atoms with van der Waals surface area (Å²) in [4.78, 5) is 36.1. The van der Waals surface area contributed by atoms with E-state index in [0.29, 0.717) is 50.5 Å². The van der Waals surface area contributed by atoms with Gasteiger partial charge in [0.2, 0.25) is 5.91 Å². The van der Waals surface area contributed by atoms with Crippen LogP contribution in [0.1, 0.15) is 26.7 Å². The molecule has 0 atom stereocenters. The first-order chi connectivity index (χ1) is 12.6. The molecule has 1 amide bonds. The molecule has 1 aliphatic heterocycles. The SMILES string of the molecule is CCOC(=O)CCC(=O)N1CCN(c2ncnc3c2nnn3CC)CC1. The molecule has 2 aromatic rings. The molecule has 0 spiro atoms. The Kier molecular flexibility index (Phi) is 5.59. The number of fused-ring (bicyclic) bond motifs is 1. The topological polar surface area (TPSA) is 106 Å². The smallest absolute Gasteiger partial charge is 0.306 e. The van der Waals surface area contributed by atoms with Gasteiger partial charge in [-0.15, -0.1) is 5.10 Å². The van der Waals surface area contributed by atoms with Gasteiger partial charge in [-0.25, -0.2) is 14.6 Å². The molecule has 0 unspecified atom stereocenters. The number of hydrogen-bond acceptors (Lipinski definition) is 8. The average Bonchev–Trinajstić information content (AvgIpc) is 3.10. The molecule has 0 bridgehead atoms. The fourth-order valence-corrected chi connectivity index (χ4v) is 2.99. The van der Waals surface area contributed by atoms with Crippen molar-refractivity contribution in [1.82, 2.24) is 29.9 Å². The number of carbonyl (C=O) groups is 2. The quantitative estimate of drug-likeness (QED) is 0.673. The second-order valence-corrected chi connectivity index (χ2v) is 5.95. The highest BCUT2D eigenvalue weighted by Gasteiger charge is 2.24. The van der Waals surface area contributed by atoms with Crippen molar-refractivity contribution in [2.75, 3.05) is 37.7 Å². The molecule has 3 rings (SSSR count). The molecule has 1 fully saturated rings. The van der Waals surface area contributed by atoms with Gasteiger partial charge < -0.3 is 14.5 Å². The highest BCUT2D eigenvalue weighted by Crippen LogP contribution is 2.21. The first kappa shape index (κ1) is 18.0. The largest absolute Gasteiger partial charge is 0.466 e. The lowest BCUT2D eigenvalue weighted by molar-refractivity contribution is -0.145. The zero-order valence-electron chi connectivity index (χ0n) is 15.1. The Morgan fingerprint density at radius 3 is 2.58 bits per heavy atom. The first-order valence-corrected chi connectivity index (χ1v) is 8.86. The molecule has 1 saturated heterocycles. The number of amides is 1. The predicted octanol–water partition coefficient (Wildman–Crippen LogP) is 0.233. The van der Waals surface area contributed by atoms with Crippen LogP contribution in [-0.4, -0.2) is 74.5 Å². The molecule has 10 heteroatoms. The summed E-state index contributed by atoms with van der Waals surface area (Å²) in [5.41, 5.74) is 1.39. The minimum atomic E-state index is -0.332. The number of esters is 1. The van der Waals surface area contributed by atoms with Gasteiger partial charge >= 0.3 is 5.97 Å². The van der Waals surface area contributed by atoms with E-state index in [-0.39, 0.29) is 24.7 Å². The summed E-state index contributed by atoms with van der Waals surface area (Å²) >= 11 is 0. The van der Waals surface area contributed by atoms with Crippen LogP contribution in [0, 0.1) is 0 Å². The maximum absolute atomic E-state index is 12.3. The standard InChI is InChI=1S/C16H23N7O3/c1-3-23-16-14(19-20-23)15(17-11-18-16)22-9-7-21(8-10-22)12(24)5-6-13(25)26-4-2/h11H,3-10H2,1-2H3. The van der Waals surface area contributed by atoms with Crippen molar-refractivity contribution >= 4 is 28.9 Å². The van der Waals surface area contributed by atoms with Gasteiger partial charge in [0.15, 0.2) is 17.0 Å². The highest BCUT2D eigenvalue weighted by atomic mass is 16.5. The van der Waals surface area contributed by atoms with E-state index in [0.717, 1.165) is 5.82 Å². The first-order valence-electron chi connectivity index (χ1n) is 8.86. The van der Waals surface area contributed by atoms with Crippen LogP contribution in [0.15, 0.2) is 6.33 Å². The van der Waals surface area contributed by atoms with Gasteiger partial charge in [-0.05, 0) is 13.8 Å². The lowest BCUT2D eigenvalue weighted by atomic mass is 10.2. The number of aromatic nitrogens is 5. The molecule has 26 heavy (non-hydrogen) atoms. The zero-order chi connectivity index (χ0) is 18.5. The molecule has 2 aromatic heterocycles. The summed E-state index contributed by atoms with van der Waals surface area (Å²) in [5, 5.41) is 8.30. The van der Waals surface area contributed by atoms with Crippen molar-refractivity contribution < 1.29 is 14.3 Å². The van der Waals surface area contributed by atoms with E-state index in [2.05, 4.69) is 25.2 Å². The van der Waals surface area contributed by atoms with Crippen LogP contribution < -0.4 is 4.90 Å². The third kappa shape index (κ3) is 3.73. The van der Waals surface area contributed by atoms with Crippen molar-refractivity contribution in [3.05, 3.63) is 6.33 Å². The van der Waals surface area contributed by atoms with Gasteiger partial charge in [0.1, 0.15) is 6.33 Å². The van der Waals surface area contributed by atoms with E-state index < -0.39 is 0 Å². The minimum absolute atomic E-state index is 0.0255. The van der Waals surface area contributed by atoms with Crippen LogP contribution in [0.4, 0.5) is 5.82 Å². The molecule has 0 N–H and O–H groups in total. The molecule has 0 radical (unpaired) electrons. The summed E-state index contributed by atoms with van der Waals surface area (Å²) in [6.07, 6.45) is 1.82. The zero-order valence-corrected chi connectivity index (χ0v) is 15.1. The molecule has 0 saturated carbocycles. The molecular formula is C16H23N7O3. The second-order valence-electron chi connectivity index (χ2n) is 5.95. The van der Waals surface area contributed by atoms with E-state index in [1.165, 1.54) is 6.33 Å². The van der Waals surface area contributed by atoms with E-state index >= 15 is 0 Å². The molecular weight excluding hydrogens is 338 g/mol. The Labute approximate surface area is 151 Å². The van der Waals surface area contributed by atoms with Crippen LogP contribution in [0.3, 0.4) is 0 Å². The monoisotopic (exact) mass is 361 g/mol. The molecule has 0 aliphatic carbocycles. The predicted molar refractivity (Wildman–Crippen MR) is 93.5 cm³/mol. The summed E-state index contributed by atoms with van der Waals surface area (Å²) in [6.45, 7) is 7.22. The summed E-state index contributed by atoms with van der Waals surface area (Å²) < 4.78 is 6.59. The highest BCUT2D eigenvalue weighted by molar-refractivity contribution is 5.83. The Morgan fingerprint density at radius 2 is 1.88 bits per heavy atom. The lowest BCUT2D eigenvalue weighted by Gasteiger charge is -2.35. The van der Waals surface area contributed by atoms with Gasteiger partial charge in [0, 0.05) is 39.1 Å². The summed E-state index contributed by atoms with van der Waals surface area (Å²) in [5.74, 6) is 0.387. The maximum atomic E-state index is 12.3. The number of piperazine rings is 1. The summed E-state index contributed by atoms with van der Waals surface area (Å²) in [6, 6.07) is 0. The Balaban J connectivity index is 1.59. The fourth-order valence-electron chi connectivity index (χ4n) is 2.99. The second kappa shape index (κ2) is 8.07. The molecule has 10 nitrogen and oxygen atoms in total. The van der Waals surface area contributed by atoms with Crippen molar-refractivity contribution in [2.45, 2.75) is 33.2 Å². The molecule has 1 aliphatic rings. The van der Waals surface area contributed by atoms with Crippen LogP contribution in [0.2, 0.25) is 0 Å². The third-order valence-electron chi connectivity index (χ3n) is 4.36. The van der Waals surface area contributed by atoms with E-state index in [4.69, 9.17) is 4.74 Å². The third-order valence-corrected chi connectivity index (χ3v) is 4.36. The number of nitrogens with zero attached hydrogens (tertiary/aromatic N) is 7. The Hall–Kier alpha value is -2.78. The Morgan fingerprint density at radius 1 is 1.12 bits per heavy atom. The molecule has 0 aromatic carbocycles. The number of aryl methyl sites for hydroxylation is 1. The number of carbonyl (C=O) groups excluding carboxylic acids is 2. The van der Waals surface area contributed by atoms with Crippen LogP contribution in [0.5, 0.6) is 0 Å². The average molecular weight is 361 g/mol. The summed E-state index contributed by atoms with van der Waals surface area (Å²) in [7, 11) is 0. The van der Waals surface area contributed by atoms with Crippen molar-refractivity contribution in [1.29, 1.82) is 0 Å². The van der Waals surface area contributed by atoms with Gasteiger partial charge in [-0.2, -0.15) is 0 Å². The van der Waals surface area contributed by atoms with Crippen LogP contribution in [0.25, 0.3) is 11.2 Å². The van der Waals surface area contributed by atoms with E-state index in [1.807, 2.05) is 6.92 Å². The van der Waals surface area contributed by atoms with Crippen molar-refractivity contribution in [3.8, 4) is 0 Å². The molecule has 140 valence electrons.